The highest BCUT2D eigenvalue weighted by Crippen LogP contribution is 2.06. The van der Waals surface area contributed by atoms with Crippen LogP contribution >= 0.6 is 0 Å². The van der Waals surface area contributed by atoms with E-state index in [2.05, 4.69) is 10.1 Å². The lowest BCUT2D eigenvalue weighted by Crippen LogP contribution is -2.34. The number of imide groups is 1. The van der Waals surface area contributed by atoms with Gasteiger partial charge in [0.05, 0.1) is 0 Å². The molecule has 0 aliphatic heterocycles. The fourth-order valence-corrected chi connectivity index (χ4v) is 1.01. The highest BCUT2D eigenvalue weighted by molar-refractivity contribution is 6.11. The molecule has 0 aliphatic carbocycles. The van der Waals surface area contributed by atoms with Crippen LogP contribution in [0.3, 0.4) is 0 Å². The van der Waals surface area contributed by atoms with Gasteiger partial charge in [-0.05, 0) is 0 Å². The third-order valence-corrected chi connectivity index (χ3v) is 1.63. The Balaban J connectivity index is 3.07. The molecule has 0 saturated heterocycles. The second kappa shape index (κ2) is 3.99. The zero-order valence-corrected chi connectivity index (χ0v) is 8.59. The molecule has 0 unspecified atom stereocenters. The molecule has 0 aliphatic rings. The minimum atomic E-state index is -0.496. The number of hydrogen-bond donors (Lipinski definition) is 0. The van der Waals surface area contributed by atoms with E-state index in [1.54, 1.807) is 0 Å². The molecule has 80 valence electrons. The van der Waals surface area contributed by atoms with Gasteiger partial charge in [0.2, 0.25) is 17.7 Å². The Morgan fingerprint density at radius 2 is 1.73 bits per heavy atom. The van der Waals surface area contributed by atoms with E-state index in [0.29, 0.717) is 0 Å². The molecule has 1 aromatic heterocycles. The van der Waals surface area contributed by atoms with Crippen molar-refractivity contribution < 1.29 is 14.4 Å². The van der Waals surface area contributed by atoms with Crippen LogP contribution in [0.1, 0.15) is 25.6 Å². The zero-order chi connectivity index (χ0) is 11.6. The topological polar surface area (TPSA) is 85.2 Å². The minimum absolute atomic E-state index is 0.0924. The molecular formula is C8H10N4O3. The van der Waals surface area contributed by atoms with E-state index in [1.807, 2.05) is 0 Å². The van der Waals surface area contributed by atoms with Crippen molar-refractivity contribution in [1.82, 2.24) is 14.8 Å². The van der Waals surface area contributed by atoms with Crippen LogP contribution in [0.5, 0.6) is 0 Å². The first-order valence-electron chi connectivity index (χ1n) is 4.17. The van der Waals surface area contributed by atoms with Crippen LogP contribution in [0, 0.1) is 0 Å². The molecule has 0 radical (unpaired) electrons. The maximum atomic E-state index is 11.1. The number of anilines is 1. The van der Waals surface area contributed by atoms with Gasteiger partial charge in [-0.15, -0.1) is 5.10 Å². The summed E-state index contributed by atoms with van der Waals surface area (Å²) in [5.41, 5.74) is 0. The quantitative estimate of drug-likeness (QED) is 0.642. The van der Waals surface area contributed by atoms with Gasteiger partial charge >= 0.3 is 0 Å². The molecule has 1 rings (SSSR count). The highest BCUT2D eigenvalue weighted by Gasteiger charge is 2.20. The van der Waals surface area contributed by atoms with Gasteiger partial charge in [0.15, 0.2) is 0 Å². The maximum absolute atomic E-state index is 11.1. The van der Waals surface area contributed by atoms with E-state index in [4.69, 9.17) is 0 Å². The monoisotopic (exact) mass is 210 g/mol. The molecule has 1 aromatic rings. The lowest BCUT2D eigenvalue weighted by molar-refractivity contribution is -0.124. The summed E-state index contributed by atoms with van der Waals surface area (Å²) in [5.74, 6) is -1.43. The van der Waals surface area contributed by atoms with E-state index in [-0.39, 0.29) is 11.9 Å². The summed E-state index contributed by atoms with van der Waals surface area (Å²) in [6, 6.07) is 0. The van der Waals surface area contributed by atoms with Crippen LogP contribution in [-0.2, 0) is 9.59 Å². The van der Waals surface area contributed by atoms with E-state index >= 15 is 0 Å². The standard InChI is InChI=1S/C8H10N4O3/c1-5(13)11-4-9-8(10-11)12(6(2)14)7(3)15/h4H,1-3H3. The number of carbonyl (C=O) groups excluding carboxylic acids is 3. The van der Waals surface area contributed by atoms with Gasteiger partial charge < -0.3 is 0 Å². The molecule has 7 nitrogen and oxygen atoms in total. The summed E-state index contributed by atoms with van der Waals surface area (Å²) < 4.78 is 0.953. The molecule has 0 fully saturated rings. The smallest absolute Gasteiger partial charge is 0.258 e. The Hall–Kier alpha value is -2.05. The normalized spacial score (nSPS) is 9.80. The maximum Gasteiger partial charge on any atom is 0.258 e. The van der Waals surface area contributed by atoms with Gasteiger partial charge in [-0.25, -0.2) is 4.90 Å². The van der Waals surface area contributed by atoms with Crippen molar-refractivity contribution in [1.29, 1.82) is 0 Å². The summed E-state index contributed by atoms with van der Waals surface area (Å²) in [6.45, 7) is 3.73. The van der Waals surface area contributed by atoms with E-state index in [9.17, 15) is 14.4 Å². The lowest BCUT2D eigenvalue weighted by atomic mass is 10.5. The lowest BCUT2D eigenvalue weighted by Gasteiger charge is -2.11. The average Bonchev–Trinajstić information content (AvgIpc) is 2.51. The Bertz CT molecular complexity index is 409. The van der Waals surface area contributed by atoms with Crippen LogP contribution in [0.15, 0.2) is 6.33 Å². The fraction of sp³-hybridized carbons (Fsp3) is 0.375. The van der Waals surface area contributed by atoms with Crippen molar-refractivity contribution in [2.45, 2.75) is 20.8 Å². The van der Waals surface area contributed by atoms with Crippen molar-refractivity contribution in [3.05, 3.63) is 6.33 Å². The summed E-state index contributed by atoms with van der Waals surface area (Å²) >= 11 is 0. The van der Waals surface area contributed by atoms with Crippen molar-refractivity contribution in [2.24, 2.45) is 0 Å². The molecule has 0 aromatic carbocycles. The van der Waals surface area contributed by atoms with Crippen molar-refractivity contribution in [2.75, 3.05) is 4.90 Å². The van der Waals surface area contributed by atoms with Gasteiger partial charge in [-0.2, -0.15) is 9.67 Å². The number of hydrogen-bond acceptors (Lipinski definition) is 5. The van der Waals surface area contributed by atoms with E-state index < -0.39 is 11.8 Å². The van der Waals surface area contributed by atoms with Gasteiger partial charge in [0.25, 0.3) is 5.95 Å². The first kappa shape index (κ1) is 11.0. The van der Waals surface area contributed by atoms with Crippen LogP contribution in [0.25, 0.3) is 0 Å². The number of nitrogens with zero attached hydrogens (tertiary/aromatic N) is 4. The second-order valence-corrected chi connectivity index (χ2v) is 2.88. The van der Waals surface area contributed by atoms with Gasteiger partial charge in [-0.3, -0.25) is 14.4 Å². The molecule has 0 bridgehead atoms. The third kappa shape index (κ3) is 2.25. The highest BCUT2D eigenvalue weighted by atomic mass is 16.2. The van der Waals surface area contributed by atoms with Crippen LogP contribution in [0.2, 0.25) is 0 Å². The zero-order valence-electron chi connectivity index (χ0n) is 8.59. The predicted molar refractivity (Wildman–Crippen MR) is 50.2 cm³/mol. The number of aromatic nitrogens is 3. The molecule has 7 heteroatoms. The summed E-state index contributed by atoms with van der Waals surface area (Å²) in [6.07, 6.45) is 1.15. The molecule has 2 amide bonds. The molecule has 15 heavy (non-hydrogen) atoms. The second-order valence-electron chi connectivity index (χ2n) is 2.88. The Morgan fingerprint density at radius 3 is 2.07 bits per heavy atom. The van der Waals surface area contributed by atoms with Gasteiger partial charge in [0.1, 0.15) is 6.33 Å². The molecule has 0 N–H and O–H groups in total. The molecule has 0 spiro atoms. The van der Waals surface area contributed by atoms with Crippen LogP contribution < -0.4 is 4.90 Å². The van der Waals surface area contributed by atoms with E-state index in [0.717, 1.165) is 15.9 Å². The molecule has 0 saturated carbocycles. The minimum Gasteiger partial charge on any atom is -0.274 e. The molecular weight excluding hydrogens is 200 g/mol. The van der Waals surface area contributed by atoms with E-state index in [1.165, 1.54) is 20.8 Å². The van der Waals surface area contributed by atoms with Crippen LogP contribution in [-0.4, -0.2) is 32.5 Å². The fourth-order valence-electron chi connectivity index (χ4n) is 1.01. The number of carbonyl (C=O) groups is 3. The Morgan fingerprint density at radius 1 is 1.20 bits per heavy atom. The van der Waals surface area contributed by atoms with Crippen molar-refractivity contribution in [3.8, 4) is 0 Å². The van der Waals surface area contributed by atoms with Crippen molar-refractivity contribution in [3.63, 3.8) is 0 Å². The average molecular weight is 210 g/mol. The number of rotatable bonds is 1. The predicted octanol–water partition coefficient (Wildman–Crippen LogP) is -0.162. The first-order valence-corrected chi connectivity index (χ1v) is 4.17. The van der Waals surface area contributed by atoms with Crippen LogP contribution in [0.4, 0.5) is 5.95 Å². The van der Waals surface area contributed by atoms with Gasteiger partial charge in [-0.1, -0.05) is 0 Å². The SMILES string of the molecule is CC(=O)N(C(C)=O)c1ncn(C(C)=O)n1. The number of amides is 2. The first-order chi connectivity index (χ1) is 6.93. The summed E-state index contributed by atoms with van der Waals surface area (Å²) in [5, 5.41) is 3.69. The third-order valence-electron chi connectivity index (χ3n) is 1.63. The molecule has 0 atom stereocenters. The van der Waals surface area contributed by atoms with Crippen molar-refractivity contribution >= 4 is 23.7 Å². The Labute approximate surface area is 85.7 Å². The summed E-state index contributed by atoms with van der Waals surface area (Å²) in [4.78, 5) is 37.6. The largest absolute Gasteiger partial charge is 0.274 e. The summed E-state index contributed by atoms with van der Waals surface area (Å²) in [7, 11) is 0. The van der Waals surface area contributed by atoms with Gasteiger partial charge in [0, 0.05) is 20.8 Å². The molecule has 1 heterocycles. The Kier molecular flexibility index (Phi) is 2.93.